The number of aromatic amines is 3. The van der Waals surface area contributed by atoms with E-state index in [1.165, 1.54) is 0 Å². The summed E-state index contributed by atoms with van der Waals surface area (Å²) >= 11 is 6.87. The van der Waals surface area contributed by atoms with E-state index in [2.05, 4.69) is 25.5 Å². The average Bonchev–Trinajstić information content (AvgIpc) is 3.38. The van der Waals surface area contributed by atoms with Crippen LogP contribution in [0.25, 0.3) is 21.7 Å². The van der Waals surface area contributed by atoms with Gasteiger partial charge in [-0.25, -0.2) is 4.79 Å². The van der Waals surface area contributed by atoms with Crippen LogP contribution in [0.2, 0.25) is 0 Å². The third-order valence-electron chi connectivity index (χ3n) is 4.48. The van der Waals surface area contributed by atoms with E-state index < -0.39 is 0 Å². The summed E-state index contributed by atoms with van der Waals surface area (Å²) in [6.45, 7) is 2.34. The molecule has 0 spiro atoms. The summed E-state index contributed by atoms with van der Waals surface area (Å²) in [5.41, 5.74) is 2.12. The molecule has 1 aromatic carbocycles. The number of nitrogens with one attached hydrogen (secondary N) is 4. The predicted molar refractivity (Wildman–Crippen MR) is 111 cm³/mol. The number of H-pyrrole nitrogens is 3. The molecule has 0 aliphatic carbocycles. The van der Waals surface area contributed by atoms with Crippen molar-refractivity contribution in [2.75, 3.05) is 0 Å². The van der Waals surface area contributed by atoms with Gasteiger partial charge in [0.1, 0.15) is 0 Å². The van der Waals surface area contributed by atoms with Crippen LogP contribution in [-0.4, -0.2) is 30.6 Å². The van der Waals surface area contributed by atoms with Gasteiger partial charge in [-0.15, -0.1) is 11.3 Å². The zero-order valence-electron chi connectivity index (χ0n) is 15.0. The van der Waals surface area contributed by atoms with Gasteiger partial charge in [0.15, 0.2) is 10.6 Å². The summed E-state index contributed by atoms with van der Waals surface area (Å²) in [5, 5.41) is 12.0. The van der Waals surface area contributed by atoms with E-state index in [4.69, 9.17) is 12.2 Å². The summed E-state index contributed by atoms with van der Waals surface area (Å²) in [5.74, 6) is 0.651. The number of hydrogen-bond donors (Lipinski definition) is 4. The van der Waals surface area contributed by atoms with Gasteiger partial charge in [0.2, 0.25) is 5.91 Å². The lowest BCUT2D eigenvalue weighted by Gasteiger charge is -2.15. The van der Waals surface area contributed by atoms with Crippen molar-refractivity contribution in [1.29, 1.82) is 0 Å². The fourth-order valence-corrected chi connectivity index (χ4v) is 3.99. The predicted octanol–water partition coefficient (Wildman–Crippen LogP) is 3.11. The lowest BCUT2D eigenvalue weighted by molar-refractivity contribution is -0.121. The van der Waals surface area contributed by atoms with Gasteiger partial charge >= 0.3 is 5.69 Å². The summed E-state index contributed by atoms with van der Waals surface area (Å²) in [6.07, 6.45) is 0.278. The third kappa shape index (κ3) is 3.69. The molecule has 4 aromatic rings. The molecule has 4 rings (SSSR count). The first-order chi connectivity index (χ1) is 13.5. The minimum atomic E-state index is -0.248. The number of hydrogen-bond acceptors (Lipinski definition) is 5. The highest BCUT2D eigenvalue weighted by atomic mass is 32.1. The molecule has 0 aliphatic heterocycles. The maximum Gasteiger partial charge on any atom is 0.323 e. The Balaban J connectivity index is 1.42. The van der Waals surface area contributed by atoms with Crippen molar-refractivity contribution in [3.63, 3.8) is 0 Å². The lowest BCUT2D eigenvalue weighted by atomic mass is 10.1. The summed E-state index contributed by atoms with van der Waals surface area (Å²) in [6, 6.07) is 9.30. The summed E-state index contributed by atoms with van der Waals surface area (Å²) in [4.78, 5) is 30.3. The van der Waals surface area contributed by atoms with E-state index in [1.807, 2.05) is 47.2 Å². The van der Waals surface area contributed by atoms with Gasteiger partial charge in [0.25, 0.3) is 0 Å². The van der Waals surface area contributed by atoms with Crippen LogP contribution in [0.3, 0.4) is 0 Å². The van der Waals surface area contributed by atoms with E-state index in [9.17, 15) is 9.59 Å². The van der Waals surface area contributed by atoms with Gasteiger partial charge in [-0.2, -0.15) is 5.10 Å². The number of imidazole rings is 1. The van der Waals surface area contributed by atoms with Crippen molar-refractivity contribution in [3.05, 3.63) is 56.5 Å². The van der Waals surface area contributed by atoms with Crippen LogP contribution in [0.1, 0.15) is 24.9 Å². The molecule has 0 aliphatic rings. The minimum absolute atomic E-state index is 0.0876. The molecule has 0 fully saturated rings. The topological polar surface area (TPSA) is 111 Å². The van der Waals surface area contributed by atoms with Crippen LogP contribution >= 0.6 is 23.6 Å². The molecule has 8 nitrogen and oxygen atoms in total. The zero-order chi connectivity index (χ0) is 19.7. The standard InChI is InChI=1S/C18H18N6O2S2/c1-10(11-4-5-12-13(9-11)21-17(26)20-12)19-15(25)6-7-24-16(22-23-18(24)27)14-3-2-8-28-14/h2-5,8-10H,6-7H2,1H3,(H,19,25)(H,23,27)(H2,20,21,26). The van der Waals surface area contributed by atoms with Crippen LogP contribution in [0.5, 0.6) is 0 Å². The molecule has 3 heterocycles. The fourth-order valence-electron chi connectivity index (χ4n) is 3.05. The Kier molecular flexibility index (Phi) is 4.97. The Morgan fingerprint density at radius 1 is 1.32 bits per heavy atom. The number of nitrogens with zero attached hydrogens (tertiary/aromatic N) is 2. The highest BCUT2D eigenvalue weighted by Gasteiger charge is 2.14. The number of aromatic nitrogens is 5. The van der Waals surface area contributed by atoms with E-state index in [0.29, 0.717) is 16.8 Å². The molecular weight excluding hydrogens is 396 g/mol. The SMILES string of the molecule is CC(NC(=O)CCn1c(-c2cccs2)n[nH]c1=S)c1ccc2[nH]c(=O)[nH]c2c1. The number of benzene rings is 1. The van der Waals surface area contributed by atoms with Crippen LogP contribution in [0.4, 0.5) is 0 Å². The Labute approximate surface area is 168 Å². The number of amides is 1. The second kappa shape index (κ2) is 7.56. The van der Waals surface area contributed by atoms with E-state index >= 15 is 0 Å². The Bertz CT molecular complexity index is 1230. The fraction of sp³-hybridized carbons (Fsp3) is 0.222. The monoisotopic (exact) mass is 414 g/mol. The lowest BCUT2D eigenvalue weighted by Crippen LogP contribution is -2.27. The number of fused-ring (bicyclic) bond motifs is 1. The van der Waals surface area contributed by atoms with Gasteiger partial charge in [0, 0.05) is 13.0 Å². The number of carbonyl (C=O) groups is 1. The van der Waals surface area contributed by atoms with Crippen LogP contribution in [0.15, 0.2) is 40.5 Å². The van der Waals surface area contributed by atoms with Gasteiger partial charge in [0.05, 0.1) is 22.0 Å². The highest BCUT2D eigenvalue weighted by molar-refractivity contribution is 7.71. The van der Waals surface area contributed by atoms with Gasteiger partial charge < -0.3 is 15.3 Å². The van der Waals surface area contributed by atoms with Crippen molar-refractivity contribution in [2.45, 2.75) is 25.9 Å². The van der Waals surface area contributed by atoms with Gasteiger partial charge in [-0.05, 0) is 48.3 Å². The highest BCUT2D eigenvalue weighted by Crippen LogP contribution is 2.23. The quantitative estimate of drug-likeness (QED) is 0.363. The molecule has 10 heteroatoms. The third-order valence-corrected chi connectivity index (χ3v) is 5.66. The molecule has 1 amide bonds. The molecule has 3 aromatic heterocycles. The largest absolute Gasteiger partial charge is 0.350 e. The van der Waals surface area contributed by atoms with Crippen LogP contribution in [-0.2, 0) is 11.3 Å². The Morgan fingerprint density at radius 2 is 2.14 bits per heavy atom. The van der Waals surface area contributed by atoms with Crippen LogP contribution < -0.4 is 11.0 Å². The van der Waals surface area contributed by atoms with E-state index in [1.54, 1.807) is 11.3 Å². The smallest absolute Gasteiger partial charge is 0.323 e. The number of rotatable bonds is 6. The minimum Gasteiger partial charge on any atom is -0.350 e. The molecule has 0 saturated heterocycles. The average molecular weight is 415 g/mol. The molecule has 1 atom stereocenters. The molecular formula is C18H18N6O2S2. The molecule has 0 radical (unpaired) electrons. The number of carbonyl (C=O) groups excluding carboxylic acids is 1. The maximum atomic E-state index is 12.4. The van der Waals surface area contributed by atoms with Crippen molar-refractivity contribution in [2.24, 2.45) is 0 Å². The second-order valence-electron chi connectivity index (χ2n) is 6.40. The zero-order valence-corrected chi connectivity index (χ0v) is 16.6. The molecule has 4 N–H and O–H groups in total. The van der Waals surface area contributed by atoms with E-state index in [-0.39, 0.29) is 24.1 Å². The van der Waals surface area contributed by atoms with E-state index in [0.717, 1.165) is 21.8 Å². The van der Waals surface area contributed by atoms with Crippen molar-refractivity contribution < 1.29 is 4.79 Å². The molecule has 0 saturated carbocycles. The molecule has 28 heavy (non-hydrogen) atoms. The van der Waals surface area contributed by atoms with Crippen LogP contribution in [0, 0.1) is 4.77 Å². The first-order valence-electron chi connectivity index (χ1n) is 8.71. The first kappa shape index (κ1) is 18.4. The van der Waals surface area contributed by atoms with Gasteiger partial charge in [-0.1, -0.05) is 12.1 Å². The first-order valence-corrected chi connectivity index (χ1v) is 10.0. The second-order valence-corrected chi connectivity index (χ2v) is 7.74. The molecule has 144 valence electrons. The van der Waals surface area contributed by atoms with Crippen molar-refractivity contribution in [1.82, 2.24) is 30.0 Å². The van der Waals surface area contributed by atoms with Crippen molar-refractivity contribution in [3.8, 4) is 10.7 Å². The molecule has 1 unspecified atom stereocenters. The molecule has 0 bridgehead atoms. The maximum absolute atomic E-state index is 12.4. The Hall–Kier alpha value is -2.98. The number of thiophene rings is 1. The Morgan fingerprint density at radius 3 is 2.93 bits per heavy atom. The van der Waals surface area contributed by atoms with Gasteiger partial charge in [-0.3, -0.25) is 14.5 Å². The summed E-state index contributed by atoms with van der Waals surface area (Å²) in [7, 11) is 0. The summed E-state index contributed by atoms with van der Waals surface area (Å²) < 4.78 is 2.33. The normalized spacial score (nSPS) is 12.3. The van der Waals surface area contributed by atoms with Crippen molar-refractivity contribution >= 4 is 40.5 Å².